The molecule has 0 radical (unpaired) electrons. The van der Waals surface area contributed by atoms with Crippen LogP contribution in [0.25, 0.3) is 10.8 Å². The zero-order valence-electron chi connectivity index (χ0n) is 14.1. The third kappa shape index (κ3) is 4.92. The Morgan fingerprint density at radius 2 is 1.59 bits per heavy atom. The van der Waals surface area contributed by atoms with E-state index in [2.05, 4.69) is 78.2 Å². The van der Waals surface area contributed by atoms with E-state index in [9.17, 15) is 0 Å². The van der Waals surface area contributed by atoms with Gasteiger partial charge in [-0.05, 0) is 30.0 Å². The number of benzene rings is 2. The molecule has 0 heterocycles. The van der Waals surface area contributed by atoms with Crippen molar-refractivity contribution in [1.29, 1.82) is 0 Å². The van der Waals surface area contributed by atoms with Gasteiger partial charge in [-0.2, -0.15) is 0 Å². The van der Waals surface area contributed by atoms with Gasteiger partial charge in [-0.15, -0.1) is 0 Å². The van der Waals surface area contributed by atoms with Gasteiger partial charge in [-0.25, -0.2) is 0 Å². The molecule has 0 saturated heterocycles. The zero-order chi connectivity index (χ0) is 16.2. The van der Waals surface area contributed by atoms with Crippen molar-refractivity contribution in [2.24, 2.45) is 0 Å². The summed E-state index contributed by atoms with van der Waals surface area (Å²) < 4.78 is 0. The molecule has 0 fully saturated rings. The van der Waals surface area contributed by atoms with Gasteiger partial charge in [0.05, 0.1) is 0 Å². The summed E-state index contributed by atoms with van der Waals surface area (Å²) in [6.45, 7) is 8.00. The minimum atomic E-state index is 0. The molecule has 22 heavy (non-hydrogen) atoms. The molecule has 2 aromatic carbocycles. The molecule has 118 valence electrons. The lowest BCUT2D eigenvalue weighted by molar-refractivity contribution is 1.39. The molecule has 0 saturated carbocycles. The van der Waals surface area contributed by atoms with Crippen LogP contribution in [0.4, 0.5) is 5.69 Å². The summed E-state index contributed by atoms with van der Waals surface area (Å²) in [6.07, 6.45) is 11.6. The molecule has 0 bridgehead atoms. The number of rotatable bonds is 2. The van der Waals surface area contributed by atoms with Gasteiger partial charge in [0.15, 0.2) is 0 Å². The largest absolute Gasteiger partial charge is 0.355 e. The number of hydrogen-bond acceptors (Lipinski definition) is 1. The third-order valence-corrected chi connectivity index (χ3v) is 3.05. The molecule has 1 nitrogen and oxygen atoms in total. The highest BCUT2D eigenvalue weighted by Gasteiger charge is 2.00. The molecular formula is C21H29N. The summed E-state index contributed by atoms with van der Waals surface area (Å²) in [7, 11) is 0. The summed E-state index contributed by atoms with van der Waals surface area (Å²) in [6, 6.07) is 14.8. The number of nitrogens with one attached hydrogen (secondary N) is 1. The maximum absolute atomic E-state index is 3.49. The second kappa shape index (κ2) is 10.4. The highest BCUT2D eigenvalue weighted by Crippen LogP contribution is 2.24. The van der Waals surface area contributed by atoms with Crippen LogP contribution in [0.2, 0.25) is 0 Å². The highest BCUT2D eigenvalue weighted by molar-refractivity contribution is 5.94. The first-order chi connectivity index (χ1) is 10.9. The van der Waals surface area contributed by atoms with Crippen LogP contribution >= 0.6 is 0 Å². The molecular weight excluding hydrogens is 266 g/mol. The van der Waals surface area contributed by atoms with E-state index in [1.54, 1.807) is 0 Å². The van der Waals surface area contributed by atoms with E-state index in [1.807, 2.05) is 27.7 Å². The Labute approximate surface area is 136 Å². The van der Waals surface area contributed by atoms with Crippen LogP contribution in [0.1, 0.15) is 35.5 Å². The Morgan fingerprint density at radius 1 is 0.864 bits per heavy atom. The fourth-order valence-corrected chi connectivity index (χ4v) is 2.15. The van der Waals surface area contributed by atoms with Gasteiger partial charge in [-0.1, -0.05) is 82.3 Å². The maximum atomic E-state index is 3.49. The molecule has 0 atom stereocenters. The van der Waals surface area contributed by atoms with E-state index < -0.39 is 0 Å². The summed E-state index contributed by atoms with van der Waals surface area (Å²) in [5.74, 6) is 0. The highest BCUT2D eigenvalue weighted by atomic mass is 14.9. The predicted molar refractivity (Wildman–Crippen MR) is 103 cm³/mol. The molecule has 0 amide bonds. The Bertz CT molecular complexity index is 648. The van der Waals surface area contributed by atoms with Crippen molar-refractivity contribution in [2.45, 2.75) is 34.1 Å². The van der Waals surface area contributed by atoms with Crippen molar-refractivity contribution in [3.63, 3.8) is 0 Å². The summed E-state index contributed by atoms with van der Waals surface area (Å²) in [5.41, 5.74) is 2.28. The molecule has 2 aromatic rings. The first-order valence-electron chi connectivity index (χ1n) is 8.22. The molecule has 0 spiro atoms. The third-order valence-electron chi connectivity index (χ3n) is 3.05. The van der Waals surface area contributed by atoms with Crippen LogP contribution in [-0.4, -0.2) is 0 Å². The smallest absolute Gasteiger partial charge is 0.0463 e. The number of fused-ring (bicyclic) bond motifs is 1. The topological polar surface area (TPSA) is 12.0 Å². The number of hydrogen-bond donors (Lipinski definition) is 1. The zero-order valence-corrected chi connectivity index (χ0v) is 14.1. The molecule has 3 rings (SSSR count). The lowest BCUT2D eigenvalue weighted by atomic mass is 10.1. The number of anilines is 1. The van der Waals surface area contributed by atoms with Crippen molar-refractivity contribution in [1.82, 2.24) is 0 Å². The summed E-state index contributed by atoms with van der Waals surface area (Å²) >= 11 is 0. The normalized spacial score (nSPS) is 12.3. The molecule has 1 heteroatoms. The van der Waals surface area contributed by atoms with Crippen molar-refractivity contribution in [3.05, 3.63) is 78.5 Å². The van der Waals surface area contributed by atoms with Crippen molar-refractivity contribution in [3.8, 4) is 0 Å². The average Bonchev–Trinajstić information content (AvgIpc) is 2.88. The summed E-state index contributed by atoms with van der Waals surface area (Å²) in [5, 5.41) is 6.00. The van der Waals surface area contributed by atoms with Crippen molar-refractivity contribution < 1.29 is 1.43 Å². The lowest BCUT2D eigenvalue weighted by Gasteiger charge is -2.10. The molecule has 1 N–H and O–H groups in total. The van der Waals surface area contributed by atoms with Gasteiger partial charge in [0.25, 0.3) is 0 Å². The standard InChI is InChI=1S/C17H15N.2C2H6.H2/c1-2-4-11-15(10-3-1)18-17-13-7-9-14-8-5-6-12-16(14)17;2*1-2;/h1,3-13,18H,2H2;2*1-2H3;1H. The molecule has 0 aliphatic heterocycles. The second-order valence-electron chi connectivity index (χ2n) is 4.34. The number of allylic oxidation sites excluding steroid dienone is 5. The maximum Gasteiger partial charge on any atom is 0.0463 e. The Balaban J connectivity index is 0.000000901. The van der Waals surface area contributed by atoms with E-state index in [-0.39, 0.29) is 1.43 Å². The minimum Gasteiger partial charge on any atom is -0.355 e. The fourth-order valence-electron chi connectivity index (χ4n) is 2.15. The van der Waals surface area contributed by atoms with Crippen LogP contribution < -0.4 is 5.32 Å². The Morgan fingerprint density at radius 3 is 2.41 bits per heavy atom. The molecule has 1 aliphatic carbocycles. The van der Waals surface area contributed by atoms with E-state index in [0.29, 0.717) is 0 Å². The molecule has 0 aromatic heterocycles. The van der Waals surface area contributed by atoms with E-state index in [1.165, 1.54) is 10.8 Å². The van der Waals surface area contributed by atoms with Crippen LogP contribution in [0, 0.1) is 0 Å². The van der Waals surface area contributed by atoms with Gasteiger partial charge in [0.2, 0.25) is 0 Å². The van der Waals surface area contributed by atoms with Crippen molar-refractivity contribution in [2.75, 3.05) is 5.32 Å². The van der Waals surface area contributed by atoms with Crippen LogP contribution in [0.5, 0.6) is 0 Å². The predicted octanol–water partition coefficient (Wildman–Crippen LogP) is 6.95. The van der Waals surface area contributed by atoms with Gasteiger partial charge in [-0.3, -0.25) is 0 Å². The lowest BCUT2D eigenvalue weighted by Crippen LogP contribution is -1.96. The summed E-state index contributed by atoms with van der Waals surface area (Å²) in [4.78, 5) is 0. The minimum absolute atomic E-state index is 0. The fraction of sp³-hybridized carbons (Fsp3) is 0.238. The van der Waals surface area contributed by atoms with E-state index in [0.717, 1.165) is 17.8 Å². The van der Waals surface area contributed by atoms with Crippen LogP contribution in [0.3, 0.4) is 0 Å². The first-order valence-corrected chi connectivity index (χ1v) is 8.22. The van der Waals surface area contributed by atoms with Crippen molar-refractivity contribution >= 4 is 16.5 Å². The van der Waals surface area contributed by atoms with E-state index >= 15 is 0 Å². The van der Waals surface area contributed by atoms with Gasteiger partial charge in [0.1, 0.15) is 0 Å². The van der Waals surface area contributed by atoms with Gasteiger partial charge < -0.3 is 5.32 Å². The average molecular weight is 295 g/mol. The monoisotopic (exact) mass is 295 g/mol. The van der Waals surface area contributed by atoms with Crippen LogP contribution in [-0.2, 0) is 0 Å². The quantitative estimate of drug-likeness (QED) is 0.632. The SMILES string of the molecule is C1=CCC=CC(Nc2cccc3ccccc23)=C1.CC.CC.[HH]. The second-order valence-corrected chi connectivity index (χ2v) is 4.34. The Kier molecular flexibility index (Phi) is 8.44. The first kappa shape index (κ1) is 17.8. The van der Waals surface area contributed by atoms with Gasteiger partial charge >= 0.3 is 0 Å². The Hall–Kier alpha value is -2.28. The molecule has 0 unspecified atom stereocenters. The van der Waals surface area contributed by atoms with Crippen LogP contribution in [0.15, 0.2) is 78.5 Å². The van der Waals surface area contributed by atoms with Gasteiger partial charge in [0, 0.05) is 18.2 Å². The van der Waals surface area contributed by atoms with E-state index in [4.69, 9.17) is 0 Å². The molecule has 1 aliphatic rings.